The molecule has 0 radical (unpaired) electrons. The predicted octanol–water partition coefficient (Wildman–Crippen LogP) is 1.95. The van der Waals surface area contributed by atoms with Gasteiger partial charge in [-0.2, -0.15) is 0 Å². The highest BCUT2D eigenvalue weighted by atomic mass is 28.3. The molecule has 0 bridgehead atoms. The number of hydrogen-bond acceptors (Lipinski definition) is 3. The molecular weight excluding hydrogens is 208 g/mol. The Balaban J connectivity index is 0.000000265. The Morgan fingerprint density at radius 1 is 0.800 bits per heavy atom. The van der Waals surface area contributed by atoms with Crippen LogP contribution < -0.4 is 0 Å². The summed E-state index contributed by atoms with van der Waals surface area (Å²) in [6, 6.07) is 8.36. The molecular formula is C11H20O3Si. The molecule has 1 aromatic rings. The van der Waals surface area contributed by atoms with Crippen molar-refractivity contribution in [3.05, 3.63) is 35.4 Å². The van der Waals surface area contributed by atoms with Gasteiger partial charge in [-0.05, 0) is 25.0 Å². The van der Waals surface area contributed by atoms with Crippen LogP contribution in [0.5, 0.6) is 0 Å². The van der Waals surface area contributed by atoms with E-state index in [-0.39, 0.29) is 0 Å². The lowest BCUT2D eigenvalue weighted by Gasteiger charge is -2.05. The summed E-state index contributed by atoms with van der Waals surface area (Å²) in [5.41, 5.74) is 2.74. The molecule has 4 heteroatoms. The maximum Gasteiger partial charge on any atom is 0.483 e. The van der Waals surface area contributed by atoms with Gasteiger partial charge in [-0.15, -0.1) is 0 Å². The molecule has 0 aliphatic rings. The monoisotopic (exact) mass is 228 g/mol. The van der Waals surface area contributed by atoms with Crippen molar-refractivity contribution >= 4 is 9.53 Å². The molecule has 0 unspecified atom stereocenters. The van der Waals surface area contributed by atoms with Gasteiger partial charge in [-0.25, -0.2) is 0 Å². The second kappa shape index (κ2) is 8.61. The van der Waals surface area contributed by atoms with E-state index in [1.807, 2.05) is 0 Å². The average molecular weight is 228 g/mol. The van der Waals surface area contributed by atoms with Gasteiger partial charge < -0.3 is 13.3 Å². The van der Waals surface area contributed by atoms with Crippen LogP contribution in [0, 0.1) is 13.8 Å². The summed E-state index contributed by atoms with van der Waals surface area (Å²) < 4.78 is 14.2. The molecule has 0 amide bonds. The molecule has 0 aliphatic heterocycles. The molecule has 0 aliphatic carbocycles. The Bertz CT molecular complexity index is 235. The molecule has 3 nitrogen and oxygen atoms in total. The van der Waals surface area contributed by atoms with Crippen molar-refractivity contribution in [1.82, 2.24) is 0 Å². The van der Waals surface area contributed by atoms with E-state index in [1.54, 1.807) is 21.3 Å². The van der Waals surface area contributed by atoms with Crippen LogP contribution in [-0.4, -0.2) is 30.9 Å². The second-order valence-electron chi connectivity index (χ2n) is 3.08. The lowest BCUT2D eigenvalue weighted by molar-refractivity contribution is 0.163. The first-order chi connectivity index (χ1) is 7.15. The molecule has 0 heterocycles. The van der Waals surface area contributed by atoms with Crippen molar-refractivity contribution in [2.45, 2.75) is 13.8 Å². The molecule has 1 aromatic carbocycles. The van der Waals surface area contributed by atoms with E-state index in [0.717, 1.165) is 0 Å². The molecule has 0 aromatic heterocycles. The van der Waals surface area contributed by atoms with Crippen LogP contribution in [0.25, 0.3) is 0 Å². The Labute approximate surface area is 94.0 Å². The van der Waals surface area contributed by atoms with Crippen molar-refractivity contribution in [2.24, 2.45) is 0 Å². The lowest BCUT2D eigenvalue weighted by atomic mass is 10.1. The van der Waals surface area contributed by atoms with Gasteiger partial charge in [-0.3, -0.25) is 0 Å². The van der Waals surface area contributed by atoms with Gasteiger partial charge in [0.25, 0.3) is 0 Å². The third-order valence-corrected chi connectivity index (χ3v) is 3.16. The fourth-order valence-electron chi connectivity index (χ4n) is 0.951. The van der Waals surface area contributed by atoms with Crippen LogP contribution in [0.3, 0.4) is 0 Å². The Morgan fingerprint density at radius 2 is 1.13 bits per heavy atom. The summed E-state index contributed by atoms with van der Waals surface area (Å²) in [5, 5.41) is 0. The van der Waals surface area contributed by atoms with Gasteiger partial charge in [0.05, 0.1) is 0 Å². The summed E-state index contributed by atoms with van der Waals surface area (Å²) in [5.74, 6) is 0. The van der Waals surface area contributed by atoms with Crippen molar-refractivity contribution in [2.75, 3.05) is 21.3 Å². The average Bonchev–Trinajstić information content (AvgIpc) is 2.26. The van der Waals surface area contributed by atoms with Gasteiger partial charge in [0.15, 0.2) is 0 Å². The number of benzene rings is 1. The first-order valence-corrected chi connectivity index (χ1v) is 6.17. The van der Waals surface area contributed by atoms with Crippen LogP contribution >= 0.6 is 0 Å². The summed E-state index contributed by atoms with van der Waals surface area (Å²) in [6.07, 6.45) is 0. The quantitative estimate of drug-likeness (QED) is 0.740. The molecule has 1 rings (SSSR count). The number of rotatable bonds is 3. The topological polar surface area (TPSA) is 27.7 Å². The fraction of sp³-hybridized carbons (Fsp3) is 0.455. The molecule has 0 saturated carbocycles. The largest absolute Gasteiger partial charge is 0.483 e. The van der Waals surface area contributed by atoms with E-state index in [4.69, 9.17) is 13.3 Å². The highest BCUT2D eigenvalue weighted by molar-refractivity contribution is 6.36. The molecule has 0 spiro atoms. The maximum absolute atomic E-state index is 4.74. The van der Waals surface area contributed by atoms with Crippen LogP contribution in [0.1, 0.15) is 11.1 Å². The van der Waals surface area contributed by atoms with Gasteiger partial charge in [0, 0.05) is 21.3 Å². The van der Waals surface area contributed by atoms with Gasteiger partial charge in [-0.1, -0.05) is 24.3 Å². The Hall–Kier alpha value is -0.683. The molecule has 0 N–H and O–H groups in total. The number of aryl methyl sites for hydroxylation is 2. The zero-order valence-corrected chi connectivity index (χ0v) is 11.3. The van der Waals surface area contributed by atoms with E-state index in [0.29, 0.717) is 0 Å². The normalized spacial score (nSPS) is 9.73. The summed E-state index contributed by atoms with van der Waals surface area (Å²) in [6.45, 7) is 4.24. The summed E-state index contributed by atoms with van der Waals surface area (Å²) in [4.78, 5) is 0. The van der Waals surface area contributed by atoms with Gasteiger partial charge in [0.2, 0.25) is 0 Å². The van der Waals surface area contributed by atoms with Crippen molar-refractivity contribution in [3.63, 3.8) is 0 Å². The minimum absolute atomic E-state index is 1.37. The van der Waals surface area contributed by atoms with Gasteiger partial charge >= 0.3 is 9.53 Å². The highest BCUT2D eigenvalue weighted by Crippen LogP contribution is 2.02. The summed E-state index contributed by atoms with van der Waals surface area (Å²) >= 11 is 0. The van der Waals surface area contributed by atoms with Crippen molar-refractivity contribution < 1.29 is 13.3 Å². The SMILES string of the molecule is CO[SiH](OC)OC.Cc1ccccc1C. The van der Waals surface area contributed by atoms with E-state index >= 15 is 0 Å². The molecule has 0 fully saturated rings. The lowest BCUT2D eigenvalue weighted by Crippen LogP contribution is -2.21. The minimum atomic E-state index is -1.67. The number of hydrogen-bond donors (Lipinski definition) is 0. The molecule has 15 heavy (non-hydrogen) atoms. The third kappa shape index (κ3) is 6.41. The standard InChI is InChI=1S/C8H10.C3H10O3Si/c1-7-5-3-4-6-8(7)2;1-4-7(5-2)6-3/h3-6H,1-2H3;7H,1-3H3. The maximum atomic E-state index is 4.74. The van der Waals surface area contributed by atoms with E-state index in [2.05, 4.69) is 38.1 Å². The zero-order chi connectivity index (χ0) is 11.7. The van der Waals surface area contributed by atoms with E-state index in [1.165, 1.54) is 11.1 Å². The molecule has 86 valence electrons. The van der Waals surface area contributed by atoms with Crippen LogP contribution in [0.4, 0.5) is 0 Å². The Kier molecular flexibility index (Phi) is 8.22. The summed E-state index contributed by atoms with van der Waals surface area (Å²) in [7, 11) is 3.05. The van der Waals surface area contributed by atoms with Crippen molar-refractivity contribution in [3.8, 4) is 0 Å². The van der Waals surface area contributed by atoms with Gasteiger partial charge in [0.1, 0.15) is 0 Å². The molecule has 0 atom stereocenters. The second-order valence-corrected chi connectivity index (χ2v) is 5.07. The van der Waals surface area contributed by atoms with E-state index in [9.17, 15) is 0 Å². The third-order valence-electron chi connectivity index (χ3n) is 2.00. The first kappa shape index (κ1) is 14.3. The van der Waals surface area contributed by atoms with Crippen molar-refractivity contribution in [1.29, 1.82) is 0 Å². The smallest absolute Gasteiger partial charge is 0.379 e. The minimum Gasteiger partial charge on any atom is -0.379 e. The molecule has 0 saturated heterocycles. The zero-order valence-electron chi connectivity index (χ0n) is 10.1. The van der Waals surface area contributed by atoms with Crippen LogP contribution in [-0.2, 0) is 13.3 Å². The van der Waals surface area contributed by atoms with Crippen LogP contribution in [0.15, 0.2) is 24.3 Å². The fourth-order valence-corrected chi connectivity index (χ4v) is 1.53. The Morgan fingerprint density at radius 3 is 1.27 bits per heavy atom. The predicted molar refractivity (Wildman–Crippen MR) is 64.1 cm³/mol. The van der Waals surface area contributed by atoms with E-state index < -0.39 is 9.53 Å². The highest BCUT2D eigenvalue weighted by Gasteiger charge is 2.04. The van der Waals surface area contributed by atoms with Crippen LogP contribution in [0.2, 0.25) is 0 Å². The first-order valence-electron chi connectivity index (χ1n) is 4.76.